The maximum absolute atomic E-state index is 13.3. The summed E-state index contributed by atoms with van der Waals surface area (Å²) in [6, 6.07) is 8.06. The molecular formula is C18H13F2N5O2. The van der Waals surface area contributed by atoms with Crippen molar-refractivity contribution in [3.8, 4) is 22.8 Å². The first-order chi connectivity index (χ1) is 12.9. The van der Waals surface area contributed by atoms with Gasteiger partial charge in [-0.3, -0.25) is 4.98 Å². The fourth-order valence-corrected chi connectivity index (χ4v) is 2.56. The molecule has 4 rings (SSSR count). The highest BCUT2D eigenvalue weighted by molar-refractivity contribution is 5.82. The number of alkyl halides is 2. The molecule has 0 bridgehead atoms. The Labute approximate surface area is 152 Å². The fraction of sp³-hybridized carbons (Fsp3) is 0.0556. The molecule has 1 aliphatic rings. The normalized spacial score (nSPS) is 14.0. The SMILES string of the molecule is C=C(Nc1cccc2c1OC(F)(F)O2)c1nc(-c2cccnc2)cnc1N. The topological polar surface area (TPSA) is 95.2 Å². The van der Waals surface area contributed by atoms with Gasteiger partial charge in [0.15, 0.2) is 17.3 Å². The number of hydrogen-bond acceptors (Lipinski definition) is 7. The monoisotopic (exact) mass is 369 g/mol. The summed E-state index contributed by atoms with van der Waals surface area (Å²) in [5.74, 6) is -0.0743. The molecule has 0 saturated heterocycles. The summed E-state index contributed by atoms with van der Waals surface area (Å²) in [5.41, 5.74) is 7.98. The van der Waals surface area contributed by atoms with Gasteiger partial charge < -0.3 is 20.5 Å². The van der Waals surface area contributed by atoms with Crippen LogP contribution in [0.3, 0.4) is 0 Å². The molecule has 3 heterocycles. The largest absolute Gasteiger partial charge is 0.586 e. The zero-order valence-corrected chi connectivity index (χ0v) is 13.8. The number of benzene rings is 1. The average Bonchev–Trinajstić information content (AvgIpc) is 2.98. The molecule has 1 aliphatic heterocycles. The van der Waals surface area contributed by atoms with Crippen molar-refractivity contribution in [3.63, 3.8) is 0 Å². The summed E-state index contributed by atoms with van der Waals surface area (Å²) in [6.45, 7) is 3.88. The Morgan fingerprint density at radius 2 is 2.00 bits per heavy atom. The van der Waals surface area contributed by atoms with Gasteiger partial charge in [0.1, 0.15) is 5.69 Å². The van der Waals surface area contributed by atoms with Gasteiger partial charge in [0.2, 0.25) is 0 Å². The minimum Gasteiger partial charge on any atom is -0.395 e. The smallest absolute Gasteiger partial charge is 0.395 e. The second-order valence-corrected chi connectivity index (χ2v) is 5.63. The lowest BCUT2D eigenvalue weighted by Crippen LogP contribution is -2.26. The number of ether oxygens (including phenoxy) is 2. The maximum atomic E-state index is 13.3. The molecule has 1 aromatic carbocycles. The molecule has 0 amide bonds. The van der Waals surface area contributed by atoms with Crippen molar-refractivity contribution < 1.29 is 18.3 Å². The predicted molar refractivity (Wildman–Crippen MR) is 95.0 cm³/mol. The first-order valence-corrected chi connectivity index (χ1v) is 7.81. The minimum absolute atomic E-state index is 0.0824. The van der Waals surface area contributed by atoms with Crippen molar-refractivity contribution >= 4 is 17.2 Å². The second-order valence-electron chi connectivity index (χ2n) is 5.63. The number of fused-ring (bicyclic) bond motifs is 1. The number of anilines is 2. The number of nitrogens with two attached hydrogens (primary N) is 1. The highest BCUT2D eigenvalue weighted by atomic mass is 19.3. The molecule has 0 unspecified atom stereocenters. The Bertz CT molecular complexity index is 1030. The molecule has 0 atom stereocenters. The molecule has 9 heteroatoms. The van der Waals surface area contributed by atoms with Crippen LogP contribution in [0.1, 0.15) is 5.69 Å². The second kappa shape index (κ2) is 6.20. The average molecular weight is 369 g/mol. The molecule has 136 valence electrons. The van der Waals surface area contributed by atoms with Crippen molar-refractivity contribution in [1.29, 1.82) is 0 Å². The summed E-state index contributed by atoms with van der Waals surface area (Å²) in [6.07, 6.45) is 1.07. The number of para-hydroxylation sites is 1. The van der Waals surface area contributed by atoms with E-state index in [1.807, 2.05) is 6.07 Å². The molecule has 0 aliphatic carbocycles. The summed E-state index contributed by atoms with van der Waals surface area (Å²) in [7, 11) is 0. The van der Waals surface area contributed by atoms with Crippen LogP contribution in [0.25, 0.3) is 17.0 Å². The molecule has 3 aromatic rings. The van der Waals surface area contributed by atoms with Crippen molar-refractivity contribution in [2.75, 3.05) is 11.1 Å². The van der Waals surface area contributed by atoms with Crippen molar-refractivity contribution in [2.45, 2.75) is 6.29 Å². The summed E-state index contributed by atoms with van der Waals surface area (Å²) in [5, 5.41) is 2.88. The lowest BCUT2D eigenvalue weighted by atomic mass is 10.2. The first kappa shape index (κ1) is 16.7. The van der Waals surface area contributed by atoms with Gasteiger partial charge in [-0.2, -0.15) is 0 Å². The highest BCUT2D eigenvalue weighted by Crippen LogP contribution is 2.46. The van der Waals surface area contributed by atoms with E-state index in [-0.39, 0.29) is 34.4 Å². The molecule has 0 spiro atoms. The summed E-state index contributed by atoms with van der Waals surface area (Å²) >= 11 is 0. The highest BCUT2D eigenvalue weighted by Gasteiger charge is 2.44. The molecule has 0 fully saturated rings. The van der Waals surface area contributed by atoms with E-state index >= 15 is 0 Å². The van der Waals surface area contributed by atoms with E-state index < -0.39 is 6.29 Å². The molecule has 3 N–H and O–H groups in total. The van der Waals surface area contributed by atoms with Gasteiger partial charge in [-0.1, -0.05) is 12.6 Å². The van der Waals surface area contributed by atoms with Gasteiger partial charge in [0, 0.05) is 18.0 Å². The van der Waals surface area contributed by atoms with Gasteiger partial charge in [-0.05, 0) is 24.3 Å². The molecule has 2 aromatic heterocycles. The van der Waals surface area contributed by atoms with Gasteiger partial charge in [-0.25, -0.2) is 9.97 Å². The van der Waals surface area contributed by atoms with Gasteiger partial charge in [-0.15, -0.1) is 8.78 Å². The minimum atomic E-state index is -3.72. The number of nitrogen functional groups attached to an aromatic ring is 1. The number of nitrogens with one attached hydrogen (secondary N) is 1. The van der Waals surface area contributed by atoms with Gasteiger partial charge in [0.05, 0.1) is 23.3 Å². The summed E-state index contributed by atoms with van der Waals surface area (Å²) in [4.78, 5) is 12.6. The Kier molecular flexibility index (Phi) is 3.84. The zero-order chi connectivity index (χ0) is 19.0. The van der Waals surface area contributed by atoms with Gasteiger partial charge in [0.25, 0.3) is 0 Å². The number of pyridine rings is 1. The van der Waals surface area contributed by atoms with Gasteiger partial charge >= 0.3 is 6.29 Å². The lowest BCUT2D eigenvalue weighted by Gasteiger charge is -2.13. The molecule has 27 heavy (non-hydrogen) atoms. The quantitative estimate of drug-likeness (QED) is 0.726. The van der Waals surface area contributed by atoms with E-state index in [9.17, 15) is 8.78 Å². The van der Waals surface area contributed by atoms with Crippen LogP contribution in [0.5, 0.6) is 11.5 Å². The van der Waals surface area contributed by atoms with Crippen LogP contribution >= 0.6 is 0 Å². The Hall–Kier alpha value is -3.75. The van der Waals surface area contributed by atoms with E-state index in [0.29, 0.717) is 5.69 Å². The molecular weight excluding hydrogens is 356 g/mol. The molecule has 0 radical (unpaired) electrons. The van der Waals surface area contributed by atoms with E-state index in [4.69, 9.17) is 5.73 Å². The molecule has 0 saturated carbocycles. The van der Waals surface area contributed by atoms with Crippen molar-refractivity contribution in [1.82, 2.24) is 15.0 Å². The zero-order valence-electron chi connectivity index (χ0n) is 13.8. The van der Waals surface area contributed by atoms with Crippen LogP contribution in [-0.4, -0.2) is 21.2 Å². The predicted octanol–water partition coefficient (Wildman–Crippen LogP) is 3.53. The third kappa shape index (κ3) is 3.22. The number of nitrogens with zero attached hydrogens (tertiary/aromatic N) is 3. The molecule has 7 nitrogen and oxygen atoms in total. The number of halogens is 2. The number of aromatic nitrogens is 3. The van der Waals surface area contributed by atoms with Crippen LogP contribution < -0.4 is 20.5 Å². The van der Waals surface area contributed by atoms with E-state index in [1.54, 1.807) is 30.6 Å². The Morgan fingerprint density at radius 3 is 2.78 bits per heavy atom. The van der Waals surface area contributed by atoms with Crippen LogP contribution in [0.4, 0.5) is 20.3 Å². The van der Waals surface area contributed by atoms with Crippen LogP contribution in [-0.2, 0) is 0 Å². The number of hydrogen-bond donors (Lipinski definition) is 2. The van der Waals surface area contributed by atoms with E-state index in [0.717, 1.165) is 5.56 Å². The maximum Gasteiger partial charge on any atom is 0.586 e. The van der Waals surface area contributed by atoms with Crippen LogP contribution in [0, 0.1) is 0 Å². The third-order valence-corrected chi connectivity index (χ3v) is 3.76. The Morgan fingerprint density at radius 1 is 1.15 bits per heavy atom. The third-order valence-electron chi connectivity index (χ3n) is 3.76. The van der Waals surface area contributed by atoms with E-state index in [1.165, 1.54) is 12.3 Å². The van der Waals surface area contributed by atoms with Crippen molar-refractivity contribution in [2.24, 2.45) is 0 Å². The lowest BCUT2D eigenvalue weighted by molar-refractivity contribution is -0.286. The summed E-state index contributed by atoms with van der Waals surface area (Å²) < 4.78 is 35.7. The van der Waals surface area contributed by atoms with Crippen molar-refractivity contribution in [3.05, 3.63) is 61.2 Å². The Balaban J connectivity index is 1.65. The fourth-order valence-electron chi connectivity index (χ4n) is 2.56. The van der Waals surface area contributed by atoms with Crippen LogP contribution in [0.15, 0.2) is 55.5 Å². The number of rotatable bonds is 4. The standard InChI is InChI=1S/C18H13F2N5O2/c1-10(24-12-5-2-6-14-16(12)27-18(19,20)26-14)15-17(21)23-9-13(25-15)11-4-3-7-22-8-11/h2-9,24H,1H2,(H2,21,23). The first-order valence-electron chi connectivity index (χ1n) is 7.81. The van der Waals surface area contributed by atoms with E-state index in [2.05, 4.69) is 36.3 Å². The van der Waals surface area contributed by atoms with Crippen LogP contribution in [0.2, 0.25) is 0 Å².